The molecule has 1 unspecified atom stereocenters. The molecule has 0 bridgehead atoms. The van der Waals surface area contributed by atoms with Crippen molar-refractivity contribution in [3.05, 3.63) is 24.3 Å². The third-order valence-corrected chi connectivity index (χ3v) is 5.74. The first-order valence-electron chi connectivity index (χ1n) is 7.12. The number of benzene rings is 1. The lowest BCUT2D eigenvalue weighted by Gasteiger charge is -2.19. The first kappa shape index (κ1) is 14.3. The van der Waals surface area contributed by atoms with Crippen LogP contribution in [0.2, 0.25) is 0 Å². The van der Waals surface area contributed by atoms with E-state index in [1.165, 1.54) is 10.4 Å². The second-order valence-corrected chi connectivity index (χ2v) is 7.15. The van der Waals surface area contributed by atoms with Gasteiger partial charge in [0, 0.05) is 26.1 Å². The zero-order valence-corrected chi connectivity index (χ0v) is 12.4. The summed E-state index contributed by atoms with van der Waals surface area (Å²) in [7, 11) is -3.55. The first-order chi connectivity index (χ1) is 10.1. The Labute approximate surface area is 124 Å². The van der Waals surface area contributed by atoms with E-state index in [1.807, 2.05) is 0 Å². The summed E-state index contributed by atoms with van der Waals surface area (Å²) >= 11 is 0. The van der Waals surface area contributed by atoms with Gasteiger partial charge in [0.25, 0.3) is 5.91 Å². The van der Waals surface area contributed by atoms with Crippen LogP contribution in [0.25, 0.3) is 0 Å². The third kappa shape index (κ3) is 2.75. The molecule has 0 aromatic heterocycles. The van der Waals surface area contributed by atoms with E-state index in [4.69, 9.17) is 4.74 Å². The predicted molar refractivity (Wildman–Crippen MR) is 76.5 cm³/mol. The number of rotatable bonds is 4. The summed E-state index contributed by atoms with van der Waals surface area (Å²) in [6.07, 6.45) is 1.71. The Hall–Kier alpha value is -1.60. The van der Waals surface area contributed by atoms with E-state index >= 15 is 0 Å². The fourth-order valence-corrected chi connectivity index (χ4v) is 4.30. The van der Waals surface area contributed by atoms with Gasteiger partial charge in [0.15, 0.2) is 6.10 Å². The topological polar surface area (TPSA) is 75.7 Å². The van der Waals surface area contributed by atoms with Gasteiger partial charge in [-0.2, -0.15) is 4.31 Å². The summed E-state index contributed by atoms with van der Waals surface area (Å²) in [5.41, 5.74) is 0. The van der Waals surface area contributed by atoms with Crippen molar-refractivity contribution in [3.63, 3.8) is 0 Å². The number of carbonyl (C=O) groups is 1. The van der Waals surface area contributed by atoms with Gasteiger partial charge in [-0.1, -0.05) is 12.1 Å². The summed E-state index contributed by atoms with van der Waals surface area (Å²) in [6, 6.07) is 6.53. The van der Waals surface area contributed by atoms with Crippen LogP contribution in [0, 0.1) is 0 Å². The Morgan fingerprint density at radius 1 is 1.19 bits per heavy atom. The molecule has 21 heavy (non-hydrogen) atoms. The molecule has 7 heteroatoms. The Morgan fingerprint density at radius 3 is 2.57 bits per heavy atom. The van der Waals surface area contributed by atoms with E-state index in [9.17, 15) is 13.2 Å². The van der Waals surface area contributed by atoms with Crippen LogP contribution in [0.5, 0.6) is 5.75 Å². The number of hydrogen-bond donors (Lipinski definition) is 1. The Bertz CT molecular complexity index is 638. The molecule has 0 spiro atoms. The summed E-state index contributed by atoms with van der Waals surface area (Å²) in [5, 5.41) is 2.68. The number of nitrogens with one attached hydrogen (secondary N) is 1. The highest BCUT2D eigenvalue weighted by molar-refractivity contribution is 7.89. The van der Waals surface area contributed by atoms with Gasteiger partial charge >= 0.3 is 0 Å². The molecule has 6 nitrogen and oxygen atoms in total. The number of sulfonamides is 1. The van der Waals surface area contributed by atoms with Crippen LogP contribution in [0.3, 0.4) is 0 Å². The van der Waals surface area contributed by atoms with Gasteiger partial charge in [0.05, 0.1) is 0 Å². The average molecular weight is 310 g/mol. The van der Waals surface area contributed by atoms with Crippen LogP contribution >= 0.6 is 0 Å². The first-order valence-corrected chi connectivity index (χ1v) is 8.56. The normalized spacial score (nSPS) is 23.2. The number of amides is 1. The molecule has 1 aromatic rings. The molecule has 2 aliphatic heterocycles. The van der Waals surface area contributed by atoms with Crippen molar-refractivity contribution in [2.75, 3.05) is 19.6 Å². The van der Waals surface area contributed by atoms with Crippen LogP contribution in [-0.2, 0) is 14.8 Å². The zero-order chi connectivity index (χ0) is 14.9. The van der Waals surface area contributed by atoms with Crippen LogP contribution in [0.1, 0.15) is 19.3 Å². The van der Waals surface area contributed by atoms with Gasteiger partial charge in [-0.15, -0.1) is 0 Å². The quantitative estimate of drug-likeness (QED) is 0.890. The number of carbonyl (C=O) groups excluding carboxylic acids is 1. The van der Waals surface area contributed by atoms with Gasteiger partial charge in [0.1, 0.15) is 10.6 Å². The maximum atomic E-state index is 12.7. The molecule has 2 fully saturated rings. The van der Waals surface area contributed by atoms with Crippen LogP contribution in [0.4, 0.5) is 0 Å². The minimum absolute atomic E-state index is 0.145. The standard InChI is InChI=1S/C14H18N2O4S/c17-14-12(7-8-15-14)20-11-5-1-2-6-13(11)21(18,19)16-9-3-4-10-16/h1-2,5-6,12H,3-4,7-10H2,(H,15,17). The molecule has 2 heterocycles. The molecule has 1 atom stereocenters. The monoisotopic (exact) mass is 310 g/mol. The van der Waals surface area contributed by atoms with Crippen molar-refractivity contribution < 1.29 is 17.9 Å². The largest absolute Gasteiger partial charge is 0.479 e. The second kappa shape index (κ2) is 5.65. The number of hydrogen-bond acceptors (Lipinski definition) is 4. The zero-order valence-electron chi connectivity index (χ0n) is 11.6. The van der Waals surface area contributed by atoms with E-state index in [2.05, 4.69) is 5.32 Å². The highest BCUT2D eigenvalue weighted by Crippen LogP contribution is 2.30. The van der Waals surface area contributed by atoms with Crippen molar-refractivity contribution in [2.45, 2.75) is 30.3 Å². The molecular weight excluding hydrogens is 292 g/mol. The molecule has 0 aliphatic carbocycles. The molecule has 1 amide bonds. The van der Waals surface area contributed by atoms with Crippen LogP contribution in [0.15, 0.2) is 29.2 Å². The van der Waals surface area contributed by atoms with Crippen molar-refractivity contribution in [3.8, 4) is 5.75 Å². The van der Waals surface area contributed by atoms with Gasteiger partial charge in [-0.05, 0) is 25.0 Å². The van der Waals surface area contributed by atoms with E-state index in [-0.39, 0.29) is 16.6 Å². The number of para-hydroxylation sites is 1. The van der Waals surface area contributed by atoms with Crippen LogP contribution in [-0.4, -0.2) is 44.4 Å². The Balaban J connectivity index is 1.90. The van der Waals surface area contributed by atoms with Crippen LogP contribution < -0.4 is 10.1 Å². The second-order valence-electron chi connectivity index (χ2n) is 5.24. The minimum Gasteiger partial charge on any atom is -0.479 e. The maximum Gasteiger partial charge on any atom is 0.261 e. The Kier molecular flexibility index (Phi) is 3.86. The van der Waals surface area contributed by atoms with E-state index in [0.29, 0.717) is 26.1 Å². The maximum absolute atomic E-state index is 12.7. The fraction of sp³-hybridized carbons (Fsp3) is 0.500. The summed E-state index contributed by atoms with van der Waals surface area (Å²) in [4.78, 5) is 11.7. The van der Waals surface area contributed by atoms with Gasteiger partial charge in [0.2, 0.25) is 10.0 Å². The van der Waals surface area contributed by atoms with Crippen molar-refractivity contribution in [2.24, 2.45) is 0 Å². The van der Waals surface area contributed by atoms with Gasteiger partial charge in [-0.25, -0.2) is 8.42 Å². The summed E-state index contributed by atoms with van der Waals surface area (Å²) < 4.78 is 32.4. The molecule has 0 radical (unpaired) electrons. The number of ether oxygens (including phenoxy) is 1. The van der Waals surface area contributed by atoms with Crippen molar-refractivity contribution in [1.29, 1.82) is 0 Å². The molecule has 2 aliphatic rings. The lowest BCUT2D eigenvalue weighted by atomic mass is 10.3. The molecule has 1 aromatic carbocycles. The molecular formula is C14H18N2O4S. The molecule has 0 saturated carbocycles. The molecule has 114 valence electrons. The predicted octanol–water partition coefficient (Wildman–Crippen LogP) is 0.738. The molecule has 1 N–H and O–H groups in total. The smallest absolute Gasteiger partial charge is 0.261 e. The van der Waals surface area contributed by atoms with E-state index in [1.54, 1.807) is 18.2 Å². The van der Waals surface area contributed by atoms with Crippen molar-refractivity contribution in [1.82, 2.24) is 9.62 Å². The fourth-order valence-electron chi connectivity index (χ4n) is 2.67. The average Bonchev–Trinajstić information content (AvgIpc) is 3.12. The van der Waals surface area contributed by atoms with Gasteiger partial charge in [-0.3, -0.25) is 4.79 Å². The SMILES string of the molecule is O=C1NCCC1Oc1ccccc1S(=O)(=O)N1CCCC1. The van der Waals surface area contributed by atoms with E-state index < -0.39 is 16.1 Å². The Morgan fingerprint density at radius 2 is 1.90 bits per heavy atom. The van der Waals surface area contributed by atoms with Crippen molar-refractivity contribution >= 4 is 15.9 Å². The highest BCUT2D eigenvalue weighted by Gasteiger charge is 2.32. The highest BCUT2D eigenvalue weighted by atomic mass is 32.2. The summed E-state index contributed by atoms with van der Waals surface area (Å²) in [6.45, 7) is 1.64. The van der Waals surface area contributed by atoms with E-state index in [0.717, 1.165) is 12.8 Å². The third-order valence-electron chi connectivity index (χ3n) is 3.80. The number of nitrogens with zero attached hydrogens (tertiary/aromatic N) is 1. The molecule has 2 saturated heterocycles. The summed E-state index contributed by atoms with van der Waals surface area (Å²) in [5.74, 6) is 0.0647. The van der Waals surface area contributed by atoms with Gasteiger partial charge < -0.3 is 10.1 Å². The lowest BCUT2D eigenvalue weighted by Crippen LogP contribution is -2.30. The molecule has 3 rings (SSSR count). The lowest BCUT2D eigenvalue weighted by molar-refractivity contribution is -0.125. The minimum atomic E-state index is -3.55.